The van der Waals surface area contributed by atoms with E-state index in [0.29, 0.717) is 28.6 Å². The van der Waals surface area contributed by atoms with Crippen molar-refractivity contribution in [1.82, 2.24) is 0 Å². The summed E-state index contributed by atoms with van der Waals surface area (Å²) >= 11 is 5.92. The van der Waals surface area contributed by atoms with E-state index in [1.165, 1.54) is 0 Å². The fourth-order valence-corrected chi connectivity index (χ4v) is 1.94. The topological polar surface area (TPSA) is 64.3 Å². The highest BCUT2D eigenvalue weighted by molar-refractivity contribution is 6.33. The lowest BCUT2D eigenvalue weighted by Gasteiger charge is -2.09. The van der Waals surface area contributed by atoms with Crippen LogP contribution in [0.3, 0.4) is 0 Å². The Morgan fingerprint density at radius 1 is 1.29 bits per heavy atom. The van der Waals surface area contributed by atoms with Crippen molar-refractivity contribution in [2.45, 2.75) is 13.3 Å². The number of nitrogen functional groups attached to an aromatic ring is 1. The SMILES string of the molecule is CCCOc1cccc(NC(=O)c2ccc(N)c(Cl)c2)c1. The molecule has 0 aliphatic heterocycles. The largest absolute Gasteiger partial charge is 0.494 e. The Labute approximate surface area is 128 Å². The number of carbonyl (C=O) groups is 1. The molecule has 0 spiro atoms. The summed E-state index contributed by atoms with van der Waals surface area (Å²) in [5.41, 5.74) is 7.20. The number of amides is 1. The van der Waals surface area contributed by atoms with E-state index in [1.807, 2.05) is 19.1 Å². The molecule has 0 aromatic heterocycles. The number of hydrogen-bond acceptors (Lipinski definition) is 3. The zero-order chi connectivity index (χ0) is 15.2. The molecule has 3 N–H and O–H groups in total. The van der Waals surface area contributed by atoms with E-state index in [9.17, 15) is 4.79 Å². The first-order chi connectivity index (χ1) is 10.1. The summed E-state index contributed by atoms with van der Waals surface area (Å²) in [4.78, 5) is 12.2. The molecule has 0 unspecified atom stereocenters. The van der Waals surface area contributed by atoms with Crippen molar-refractivity contribution in [3.63, 3.8) is 0 Å². The van der Waals surface area contributed by atoms with Gasteiger partial charge in [-0.2, -0.15) is 0 Å². The van der Waals surface area contributed by atoms with Gasteiger partial charge < -0.3 is 15.8 Å². The molecule has 0 atom stereocenters. The first-order valence-corrected chi connectivity index (χ1v) is 7.07. The minimum atomic E-state index is -0.246. The quantitative estimate of drug-likeness (QED) is 0.822. The van der Waals surface area contributed by atoms with Gasteiger partial charge in [0.25, 0.3) is 5.91 Å². The van der Waals surface area contributed by atoms with Crippen LogP contribution < -0.4 is 15.8 Å². The Balaban J connectivity index is 2.10. The van der Waals surface area contributed by atoms with E-state index in [1.54, 1.807) is 30.3 Å². The predicted molar refractivity (Wildman–Crippen MR) is 86.0 cm³/mol. The summed E-state index contributed by atoms with van der Waals surface area (Å²) in [5, 5.41) is 3.17. The number of nitrogens with one attached hydrogen (secondary N) is 1. The average molecular weight is 305 g/mol. The van der Waals surface area contributed by atoms with Crippen molar-refractivity contribution in [1.29, 1.82) is 0 Å². The van der Waals surface area contributed by atoms with Crippen molar-refractivity contribution in [2.75, 3.05) is 17.7 Å². The number of ether oxygens (including phenoxy) is 1. The third kappa shape index (κ3) is 4.13. The van der Waals surface area contributed by atoms with Crippen molar-refractivity contribution in [3.05, 3.63) is 53.1 Å². The van der Waals surface area contributed by atoms with E-state index in [0.717, 1.165) is 12.2 Å². The molecular formula is C16H17ClN2O2. The number of rotatable bonds is 5. The number of nitrogens with two attached hydrogens (primary N) is 1. The zero-order valence-corrected chi connectivity index (χ0v) is 12.5. The third-order valence-corrected chi connectivity index (χ3v) is 3.15. The van der Waals surface area contributed by atoms with Crippen molar-refractivity contribution in [3.8, 4) is 5.75 Å². The van der Waals surface area contributed by atoms with E-state index >= 15 is 0 Å². The average Bonchev–Trinajstić information content (AvgIpc) is 2.48. The minimum Gasteiger partial charge on any atom is -0.494 e. The molecule has 0 heterocycles. The Hall–Kier alpha value is -2.20. The molecule has 0 fully saturated rings. The van der Waals surface area contributed by atoms with Gasteiger partial charge in [0.05, 0.1) is 17.3 Å². The van der Waals surface area contributed by atoms with Crippen molar-refractivity contribution in [2.24, 2.45) is 0 Å². The Morgan fingerprint density at radius 3 is 2.81 bits per heavy atom. The number of hydrogen-bond donors (Lipinski definition) is 2. The molecule has 2 aromatic rings. The molecule has 2 aromatic carbocycles. The van der Waals surface area contributed by atoms with Crippen LogP contribution in [0.2, 0.25) is 5.02 Å². The lowest BCUT2D eigenvalue weighted by Crippen LogP contribution is -2.12. The van der Waals surface area contributed by atoms with E-state index in [4.69, 9.17) is 22.1 Å². The van der Waals surface area contributed by atoms with E-state index in [-0.39, 0.29) is 5.91 Å². The maximum Gasteiger partial charge on any atom is 0.255 e. The van der Waals surface area contributed by atoms with Gasteiger partial charge in [0.2, 0.25) is 0 Å². The first kappa shape index (κ1) is 15.2. The van der Waals surface area contributed by atoms with Gasteiger partial charge >= 0.3 is 0 Å². The molecule has 110 valence electrons. The normalized spacial score (nSPS) is 10.2. The molecular weight excluding hydrogens is 288 g/mol. The van der Waals surface area contributed by atoms with Gasteiger partial charge in [-0.3, -0.25) is 4.79 Å². The summed E-state index contributed by atoms with van der Waals surface area (Å²) in [5.74, 6) is 0.481. The van der Waals surface area contributed by atoms with Crippen LogP contribution in [0.25, 0.3) is 0 Å². The van der Waals surface area contributed by atoms with Gasteiger partial charge in [-0.25, -0.2) is 0 Å². The second-order valence-electron chi connectivity index (χ2n) is 4.57. The second-order valence-corrected chi connectivity index (χ2v) is 4.97. The van der Waals surface area contributed by atoms with Crippen LogP contribution in [0.4, 0.5) is 11.4 Å². The number of carbonyl (C=O) groups excluding carboxylic acids is 1. The van der Waals surface area contributed by atoms with Gasteiger partial charge in [-0.05, 0) is 36.8 Å². The minimum absolute atomic E-state index is 0.246. The number of benzene rings is 2. The molecule has 2 rings (SSSR count). The van der Waals surface area contributed by atoms with Crippen molar-refractivity contribution >= 4 is 28.9 Å². The van der Waals surface area contributed by atoms with Crippen LogP contribution in [0.1, 0.15) is 23.7 Å². The highest BCUT2D eigenvalue weighted by atomic mass is 35.5. The Bertz CT molecular complexity index is 644. The maximum absolute atomic E-state index is 12.2. The van der Waals surface area contributed by atoms with E-state index in [2.05, 4.69) is 5.32 Å². The lowest BCUT2D eigenvalue weighted by molar-refractivity contribution is 0.102. The van der Waals surface area contributed by atoms with Gasteiger partial charge in [0.1, 0.15) is 5.75 Å². The fraction of sp³-hybridized carbons (Fsp3) is 0.188. The van der Waals surface area contributed by atoms with Crippen LogP contribution in [0, 0.1) is 0 Å². The number of halogens is 1. The zero-order valence-electron chi connectivity index (χ0n) is 11.7. The molecule has 0 bridgehead atoms. The molecule has 0 radical (unpaired) electrons. The molecule has 0 saturated heterocycles. The summed E-state index contributed by atoms with van der Waals surface area (Å²) in [7, 11) is 0. The highest BCUT2D eigenvalue weighted by Crippen LogP contribution is 2.22. The molecule has 21 heavy (non-hydrogen) atoms. The van der Waals surface area contributed by atoms with E-state index < -0.39 is 0 Å². The highest BCUT2D eigenvalue weighted by Gasteiger charge is 2.08. The molecule has 0 aliphatic rings. The van der Waals surface area contributed by atoms with Crippen LogP contribution >= 0.6 is 11.6 Å². The van der Waals surface area contributed by atoms with Crippen LogP contribution in [-0.4, -0.2) is 12.5 Å². The molecule has 0 aliphatic carbocycles. The van der Waals surface area contributed by atoms with Gasteiger partial charge in [-0.1, -0.05) is 24.6 Å². The number of anilines is 2. The standard InChI is InChI=1S/C16H17ClN2O2/c1-2-8-21-13-5-3-4-12(10-13)19-16(20)11-6-7-15(18)14(17)9-11/h3-7,9-10H,2,8,18H2,1H3,(H,19,20). The predicted octanol–water partition coefficient (Wildman–Crippen LogP) is 3.96. The Kier molecular flexibility index (Phi) is 5.06. The van der Waals surface area contributed by atoms with Gasteiger partial charge in [0, 0.05) is 17.3 Å². The smallest absolute Gasteiger partial charge is 0.255 e. The molecule has 1 amide bonds. The summed E-state index contributed by atoms with van der Waals surface area (Å²) in [6, 6.07) is 12.1. The molecule has 5 heteroatoms. The monoisotopic (exact) mass is 304 g/mol. The summed E-state index contributed by atoms with van der Waals surface area (Å²) < 4.78 is 5.53. The van der Waals surface area contributed by atoms with Gasteiger partial charge in [-0.15, -0.1) is 0 Å². The fourth-order valence-electron chi connectivity index (χ4n) is 1.76. The summed E-state index contributed by atoms with van der Waals surface area (Å²) in [6.45, 7) is 2.68. The summed E-state index contributed by atoms with van der Waals surface area (Å²) in [6.07, 6.45) is 0.931. The second kappa shape index (κ2) is 6.99. The third-order valence-electron chi connectivity index (χ3n) is 2.83. The lowest BCUT2D eigenvalue weighted by atomic mass is 10.2. The Morgan fingerprint density at radius 2 is 2.10 bits per heavy atom. The van der Waals surface area contributed by atoms with Crippen LogP contribution in [-0.2, 0) is 0 Å². The molecule has 4 nitrogen and oxygen atoms in total. The van der Waals surface area contributed by atoms with Gasteiger partial charge in [0.15, 0.2) is 0 Å². The molecule has 0 saturated carbocycles. The van der Waals surface area contributed by atoms with Crippen LogP contribution in [0.15, 0.2) is 42.5 Å². The first-order valence-electron chi connectivity index (χ1n) is 6.69. The van der Waals surface area contributed by atoms with Crippen LogP contribution in [0.5, 0.6) is 5.75 Å². The van der Waals surface area contributed by atoms with Crippen molar-refractivity contribution < 1.29 is 9.53 Å². The maximum atomic E-state index is 12.2.